The smallest absolute Gasteiger partial charge is 0.328 e. The molecule has 0 aliphatic carbocycles. The van der Waals surface area contributed by atoms with Crippen LogP contribution in [0.15, 0.2) is 41.8 Å². The molecule has 0 fully saturated rings. The van der Waals surface area contributed by atoms with Crippen LogP contribution in [0.3, 0.4) is 0 Å². The number of amides is 1. The summed E-state index contributed by atoms with van der Waals surface area (Å²) in [5, 5.41) is 13.7. The number of carbonyl (C=O) groups excluding carboxylic acids is 2. The predicted molar refractivity (Wildman–Crippen MR) is 79.4 cm³/mol. The average molecular weight is 305 g/mol. The molecule has 1 unspecified atom stereocenters. The standard InChI is InChI=1S/C15H15NO4S/c1-20-15(19)12(9-10-4-6-11(17)7-5-10)16-14(18)13-3-2-8-21-13/h2-8,12,17H,9H2,1H3,(H,16,18). The van der Waals surface area contributed by atoms with Crippen LogP contribution in [-0.4, -0.2) is 30.1 Å². The summed E-state index contributed by atoms with van der Waals surface area (Å²) >= 11 is 1.30. The predicted octanol–water partition coefficient (Wildman–Crippen LogP) is 1.97. The summed E-state index contributed by atoms with van der Waals surface area (Å²) < 4.78 is 4.73. The molecule has 1 amide bonds. The maximum absolute atomic E-state index is 12.0. The molecule has 110 valence electrons. The minimum Gasteiger partial charge on any atom is -0.508 e. The largest absolute Gasteiger partial charge is 0.508 e. The second-order valence-corrected chi connectivity index (χ2v) is 5.34. The Balaban J connectivity index is 2.09. The van der Waals surface area contributed by atoms with Gasteiger partial charge in [-0.25, -0.2) is 4.79 Å². The molecule has 0 saturated carbocycles. The van der Waals surface area contributed by atoms with E-state index < -0.39 is 12.0 Å². The minimum absolute atomic E-state index is 0.149. The highest BCUT2D eigenvalue weighted by Crippen LogP contribution is 2.13. The zero-order valence-electron chi connectivity index (χ0n) is 11.4. The van der Waals surface area contributed by atoms with Gasteiger partial charge in [0.15, 0.2) is 0 Å². The Bertz CT molecular complexity index is 607. The van der Waals surface area contributed by atoms with Crippen LogP contribution in [-0.2, 0) is 16.0 Å². The highest BCUT2D eigenvalue weighted by molar-refractivity contribution is 7.12. The van der Waals surface area contributed by atoms with Gasteiger partial charge in [0, 0.05) is 6.42 Å². The van der Waals surface area contributed by atoms with Gasteiger partial charge in [-0.3, -0.25) is 4.79 Å². The third-order valence-corrected chi connectivity index (χ3v) is 3.78. The van der Waals surface area contributed by atoms with Crippen LogP contribution in [0.5, 0.6) is 5.75 Å². The van der Waals surface area contributed by atoms with Crippen molar-refractivity contribution in [3.63, 3.8) is 0 Å². The fourth-order valence-electron chi connectivity index (χ4n) is 1.84. The highest BCUT2D eigenvalue weighted by atomic mass is 32.1. The molecule has 2 aromatic rings. The Kier molecular flexibility index (Phi) is 4.94. The fraction of sp³-hybridized carbons (Fsp3) is 0.200. The Morgan fingerprint density at radius 1 is 1.29 bits per heavy atom. The monoisotopic (exact) mass is 305 g/mol. The number of rotatable bonds is 5. The number of methoxy groups -OCH3 is 1. The summed E-state index contributed by atoms with van der Waals surface area (Å²) in [5.74, 6) is -0.664. The van der Waals surface area contributed by atoms with Crippen LogP contribution in [0.1, 0.15) is 15.2 Å². The molecule has 0 radical (unpaired) electrons. The number of phenols is 1. The zero-order chi connectivity index (χ0) is 15.2. The van der Waals surface area contributed by atoms with Crippen LogP contribution in [0.2, 0.25) is 0 Å². The van der Waals surface area contributed by atoms with Gasteiger partial charge in [0.2, 0.25) is 0 Å². The molecule has 2 N–H and O–H groups in total. The van der Waals surface area contributed by atoms with Gasteiger partial charge < -0.3 is 15.2 Å². The number of esters is 1. The number of thiophene rings is 1. The first-order valence-electron chi connectivity index (χ1n) is 6.30. The van der Waals surface area contributed by atoms with Crippen molar-refractivity contribution in [2.45, 2.75) is 12.5 Å². The van der Waals surface area contributed by atoms with Gasteiger partial charge in [-0.05, 0) is 29.1 Å². The van der Waals surface area contributed by atoms with Crippen molar-refractivity contribution in [3.05, 3.63) is 52.2 Å². The molecule has 1 aromatic carbocycles. The molecule has 2 rings (SSSR count). The van der Waals surface area contributed by atoms with E-state index in [-0.39, 0.29) is 11.7 Å². The molecule has 0 bridgehead atoms. The number of hydrogen-bond donors (Lipinski definition) is 2. The summed E-state index contributed by atoms with van der Waals surface area (Å²) in [6, 6.07) is 9.15. The van der Waals surface area contributed by atoms with Gasteiger partial charge in [-0.2, -0.15) is 0 Å². The number of benzene rings is 1. The first-order valence-corrected chi connectivity index (χ1v) is 7.18. The van der Waals surface area contributed by atoms with E-state index in [1.54, 1.807) is 29.6 Å². The normalized spacial score (nSPS) is 11.7. The highest BCUT2D eigenvalue weighted by Gasteiger charge is 2.22. The van der Waals surface area contributed by atoms with Gasteiger partial charge in [0.1, 0.15) is 11.8 Å². The Morgan fingerprint density at radius 3 is 2.57 bits per heavy atom. The Hall–Kier alpha value is -2.34. The van der Waals surface area contributed by atoms with Crippen molar-refractivity contribution in [2.24, 2.45) is 0 Å². The second kappa shape index (κ2) is 6.90. The van der Waals surface area contributed by atoms with Crippen molar-refractivity contribution in [2.75, 3.05) is 7.11 Å². The van der Waals surface area contributed by atoms with Crippen molar-refractivity contribution < 1.29 is 19.4 Å². The lowest BCUT2D eigenvalue weighted by Crippen LogP contribution is -2.42. The molecular formula is C15H15NO4S. The van der Waals surface area contributed by atoms with Crippen molar-refractivity contribution in [1.29, 1.82) is 0 Å². The molecule has 0 saturated heterocycles. The van der Waals surface area contributed by atoms with E-state index in [0.717, 1.165) is 5.56 Å². The number of aromatic hydroxyl groups is 1. The van der Waals surface area contributed by atoms with Crippen LogP contribution < -0.4 is 5.32 Å². The summed E-state index contributed by atoms with van der Waals surface area (Å²) in [6.45, 7) is 0. The van der Waals surface area contributed by atoms with E-state index in [0.29, 0.717) is 11.3 Å². The Morgan fingerprint density at radius 2 is 2.00 bits per heavy atom. The summed E-state index contributed by atoms with van der Waals surface area (Å²) in [6.07, 6.45) is 0.296. The Labute approximate surface area is 126 Å². The first-order chi connectivity index (χ1) is 10.1. The quantitative estimate of drug-likeness (QED) is 0.828. The molecule has 1 heterocycles. The van der Waals surface area contributed by atoms with Crippen molar-refractivity contribution in [1.82, 2.24) is 5.32 Å². The van der Waals surface area contributed by atoms with Gasteiger partial charge in [0.05, 0.1) is 12.0 Å². The molecular weight excluding hydrogens is 290 g/mol. The van der Waals surface area contributed by atoms with Gasteiger partial charge in [-0.1, -0.05) is 18.2 Å². The van der Waals surface area contributed by atoms with E-state index in [2.05, 4.69) is 5.32 Å². The molecule has 0 spiro atoms. The number of hydrogen-bond acceptors (Lipinski definition) is 5. The molecule has 5 nitrogen and oxygen atoms in total. The lowest BCUT2D eigenvalue weighted by Gasteiger charge is -2.16. The number of ether oxygens (including phenoxy) is 1. The van der Waals surface area contributed by atoms with Crippen LogP contribution in [0.4, 0.5) is 0 Å². The number of phenolic OH excluding ortho intramolecular Hbond substituents is 1. The molecule has 1 atom stereocenters. The summed E-state index contributed by atoms with van der Waals surface area (Å²) in [5.41, 5.74) is 0.815. The maximum atomic E-state index is 12.0. The molecule has 1 aromatic heterocycles. The first kappa shape index (κ1) is 15.1. The van der Waals surface area contributed by atoms with E-state index >= 15 is 0 Å². The van der Waals surface area contributed by atoms with Crippen LogP contribution >= 0.6 is 11.3 Å². The lowest BCUT2D eigenvalue weighted by molar-refractivity contribution is -0.142. The van der Waals surface area contributed by atoms with E-state index in [1.165, 1.54) is 30.6 Å². The minimum atomic E-state index is -0.769. The average Bonchev–Trinajstić information content (AvgIpc) is 3.02. The van der Waals surface area contributed by atoms with Crippen LogP contribution in [0.25, 0.3) is 0 Å². The van der Waals surface area contributed by atoms with E-state index in [1.807, 2.05) is 0 Å². The topological polar surface area (TPSA) is 75.6 Å². The van der Waals surface area contributed by atoms with Gasteiger partial charge in [-0.15, -0.1) is 11.3 Å². The summed E-state index contributed by atoms with van der Waals surface area (Å²) in [7, 11) is 1.28. The molecule has 6 heteroatoms. The molecule has 0 aliphatic rings. The summed E-state index contributed by atoms with van der Waals surface area (Å²) in [4.78, 5) is 24.4. The second-order valence-electron chi connectivity index (χ2n) is 4.40. The zero-order valence-corrected chi connectivity index (χ0v) is 12.2. The number of nitrogens with one attached hydrogen (secondary N) is 1. The number of carbonyl (C=O) groups is 2. The van der Waals surface area contributed by atoms with Crippen molar-refractivity contribution in [3.8, 4) is 5.75 Å². The van der Waals surface area contributed by atoms with E-state index in [4.69, 9.17) is 4.74 Å². The van der Waals surface area contributed by atoms with Gasteiger partial charge >= 0.3 is 5.97 Å². The van der Waals surface area contributed by atoms with Gasteiger partial charge in [0.25, 0.3) is 5.91 Å². The third kappa shape index (κ3) is 4.06. The molecule has 0 aliphatic heterocycles. The fourth-order valence-corrected chi connectivity index (χ4v) is 2.47. The lowest BCUT2D eigenvalue weighted by atomic mass is 10.1. The third-order valence-electron chi connectivity index (χ3n) is 2.91. The van der Waals surface area contributed by atoms with Crippen molar-refractivity contribution >= 4 is 23.2 Å². The maximum Gasteiger partial charge on any atom is 0.328 e. The molecule has 21 heavy (non-hydrogen) atoms. The SMILES string of the molecule is COC(=O)C(Cc1ccc(O)cc1)NC(=O)c1cccs1. The van der Waals surface area contributed by atoms with E-state index in [9.17, 15) is 14.7 Å². The van der Waals surface area contributed by atoms with Crippen LogP contribution in [0, 0.1) is 0 Å².